The quantitative estimate of drug-likeness (QED) is 0.679. The van der Waals surface area contributed by atoms with Crippen molar-refractivity contribution in [2.24, 2.45) is 28.6 Å². The van der Waals surface area contributed by atoms with E-state index in [1.54, 1.807) is 6.08 Å². The lowest BCUT2D eigenvalue weighted by Gasteiger charge is -2.61. The van der Waals surface area contributed by atoms with Crippen molar-refractivity contribution in [3.05, 3.63) is 12.2 Å². The molecule has 3 fully saturated rings. The maximum atomic E-state index is 16.4. The molecule has 0 spiro atoms. The highest BCUT2D eigenvalue weighted by atomic mass is 19.1. The Kier molecular flexibility index (Phi) is 3.07. The molecule has 0 saturated heterocycles. The van der Waals surface area contributed by atoms with Gasteiger partial charge in [0.1, 0.15) is 11.5 Å². The van der Waals surface area contributed by atoms with Gasteiger partial charge in [0.15, 0.2) is 0 Å². The van der Waals surface area contributed by atoms with Crippen LogP contribution in [-0.4, -0.2) is 22.2 Å². The fourth-order valence-corrected chi connectivity index (χ4v) is 6.57. The molecule has 3 heteroatoms. The van der Waals surface area contributed by atoms with Crippen molar-refractivity contribution in [3.8, 4) is 0 Å². The second kappa shape index (κ2) is 4.47. The number of carbonyl (C=O) groups excluding carboxylic acids is 1. The first kappa shape index (κ1) is 15.8. The molecule has 3 saturated carbocycles. The number of allylic oxidation sites excluding steroid dienone is 1. The number of aliphatic hydroxyl groups is 1. The molecular weight excluding hydrogens is 291 g/mol. The van der Waals surface area contributed by atoms with Crippen molar-refractivity contribution in [1.82, 2.24) is 0 Å². The molecule has 0 aromatic heterocycles. The Labute approximate surface area is 138 Å². The lowest BCUT2D eigenvalue weighted by atomic mass is 9.45. The zero-order valence-electron chi connectivity index (χ0n) is 14.6. The predicted octanol–water partition coefficient (Wildman–Crippen LogP) is 4.22. The number of halogens is 1. The molecular formula is C20H29FO2. The lowest BCUT2D eigenvalue weighted by molar-refractivity contribution is -0.158. The molecule has 1 N–H and O–H groups in total. The number of fused-ring (bicyclic) bond motifs is 5. The Morgan fingerprint density at radius 1 is 1.09 bits per heavy atom. The van der Waals surface area contributed by atoms with Gasteiger partial charge in [-0.15, -0.1) is 0 Å². The third-order valence-electron chi connectivity index (χ3n) is 8.57. The Hall–Kier alpha value is -0.700. The first-order valence-electron chi connectivity index (χ1n) is 9.27. The van der Waals surface area contributed by atoms with Crippen LogP contribution in [0.15, 0.2) is 12.2 Å². The second-order valence-electron chi connectivity index (χ2n) is 9.34. The van der Waals surface area contributed by atoms with Gasteiger partial charge in [-0.05, 0) is 50.9 Å². The van der Waals surface area contributed by atoms with E-state index in [0.29, 0.717) is 25.0 Å². The molecule has 4 aliphatic carbocycles. The molecule has 23 heavy (non-hydrogen) atoms. The molecule has 7 atom stereocenters. The minimum atomic E-state index is -1.32. The third-order valence-corrected chi connectivity index (χ3v) is 8.57. The van der Waals surface area contributed by atoms with Crippen molar-refractivity contribution < 1.29 is 14.3 Å². The zero-order valence-corrected chi connectivity index (χ0v) is 14.6. The van der Waals surface area contributed by atoms with E-state index in [2.05, 4.69) is 13.8 Å². The maximum absolute atomic E-state index is 16.4. The molecule has 0 aliphatic heterocycles. The highest BCUT2D eigenvalue weighted by Crippen LogP contribution is 2.68. The van der Waals surface area contributed by atoms with E-state index >= 15 is 4.39 Å². The average Bonchev–Trinajstić information content (AvgIpc) is 2.72. The van der Waals surface area contributed by atoms with E-state index in [4.69, 9.17) is 0 Å². The number of alkyl halides is 1. The molecule has 0 radical (unpaired) electrons. The standard InChI is InChI=1S/C20H29FO2/c1-17-8-6-14(22)12-13(17)4-5-16-15-7-9-19(3,23)18(15,2)10-11-20(16,17)21/h10-11,13,15-16,23H,4-9,12H2,1-3H3/t13?,15?,16?,17?,18?,19-,20+/m1/s1. The molecule has 0 heterocycles. The van der Waals surface area contributed by atoms with Crippen LogP contribution in [0.3, 0.4) is 0 Å². The van der Waals surface area contributed by atoms with Crippen LogP contribution in [0.5, 0.6) is 0 Å². The van der Waals surface area contributed by atoms with E-state index in [1.165, 1.54) is 0 Å². The van der Waals surface area contributed by atoms with Crippen LogP contribution in [0.4, 0.5) is 4.39 Å². The number of ketones is 1. The minimum Gasteiger partial charge on any atom is -0.389 e. The summed E-state index contributed by atoms with van der Waals surface area (Å²) in [5.74, 6) is 0.688. The summed E-state index contributed by atoms with van der Waals surface area (Å²) in [5.41, 5.74) is -2.80. The predicted molar refractivity (Wildman–Crippen MR) is 87.6 cm³/mol. The van der Waals surface area contributed by atoms with Gasteiger partial charge in [-0.2, -0.15) is 0 Å². The summed E-state index contributed by atoms with van der Waals surface area (Å²) in [6.45, 7) is 6.10. The number of hydrogen-bond donors (Lipinski definition) is 1. The number of rotatable bonds is 0. The summed E-state index contributed by atoms with van der Waals surface area (Å²) in [7, 11) is 0. The maximum Gasteiger partial charge on any atom is 0.137 e. The number of carbonyl (C=O) groups is 1. The molecule has 0 bridgehead atoms. The van der Waals surface area contributed by atoms with Gasteiger partial charge in [-0.1, -0.05) is 26.0 Å². The van der Waals surface area contributed by atoms with Crippen LogP contribution in [0, 0.1) is 28.6 Å². The van der Waals surface area contributed by atoms with E-state index in [0.717, 1.165) is 25.7 Å². The molecule has 0 aromatic carbocycles. The van der Waals surface area contributed by atoms with Gasteiger partial charge >= 0.3 is 0 Å². The van der Waals surface area contributed by atoms with Gasteiger partial charge in [-0.25, -0.2) is 4.39 Å². The van der Waals surface area contributed by atoms with E-state index in [1.807, 2.05) is 13.0 Å². The Bertz CT molecular complexity index is 582. The summed E-state index contributed by atoms with van der Waals surface area (Å²) in [6.07, 6.45) is 9.02. The van der Waals surface area contributed by atoms with Crippen molar-refractivity contribution >= 4 is 5.78 Å². The van der Waals surface area contributed by atoms with Crippen LogP contribution in [0.1, 0.15) is 65.7 Å². The Morgan fingerprint density at radius 2 is 1.83 bits per heavy atom. The van der Waals surface area contributed by atoms with Gasteiger partial charge in [0, 0.05) is 29.6 Å². The first-order chi connectivity index (χ1) is 10.6. The van der Waals surface area contributed by atoms with Gasteiger partial charge < -0.3 is 5.11 Å². The fraction of sp³-hybridized carbons (Fsp3) is 0.850. The summed E-state index contributed by atoms with van der Waals surface area (Å²) in [6, 6.07) is 0. The van der Waals surface area contributed by atoms with Crippen LogP contribution in [0.25, 0.3) is 0 Å². The molecule has 5 unspecified atom stereocenters. The first-order valence-corrected chi connectivity index (χ1v) is 9.27. The van der Waals surface area contributed by atoms with Crippen LogP contribution in [0.2, 0.25) is 0 Å². The van der Waals surface area contributed by atoms with Crippen molar-refractivity contribution in [2.45, 2.75) is 77.0 Å². The number of hydrogen-bond acceptors (Lipinski definition) is 2. The Morgan fingerprint density at radius 3 is 2.57 bits per heavy atom. The largest absolute Gasteiger partial charge is 0.389 e. The molecule has 0 aromatic rings. The fourth-order valence-electron chi connectivity index (χ4n) is 6.57. The molecule has 128 valence electrons. The van der Waals surface area contributed by atoms with E-state index in [9.17, 15) is 9.90 Å². The molecule has 2 nitrogen and oxygen atoms in total. The smallest absolute Gasteiger partial charge is 0.137 e. The monoisotopic (exact) mass is 320 g/mol. The summed E-state index contributed by atoms with van der Waals surface area (Å²) in [4.78, 5) is 11.9. The van der Waals surface area contributed by atoms with Crippen LogP contribution < -0.4 is 0 Å². The van der Waals surface area contributed by atoms with Gasteiger partial charge in [0.2, 0.25) is 0 Å². The van der Waals surface area contributed by atoms with Crippen molar-refractivity contribution in [2.75, 3.05) is 0 Å². The second-order valence-corrected chi connectivity index (χ2v) is 9.34. The highest BCUT2D eigenvalue weighted by Gasteiger charge is 2.68. The van der Waals surface area contributed by atoms with E-state index < -0.39 is 16.7 Å². The summed E-state index contributed by atoms with van der Waals surface area (Å²) in [5, 5.41) is 10.8. The normalized spacial score (nSPS) is 58.5. The Balaban J connectivity index is 1.79. The topological polar surface area (TPSA) is 37.3 Å². The zero-order chi connectivity index (χ0) is 16.7. The molecule has 4 aliphatic rings. The minimum absolute atomic E-state index is 0.0130. The average molecular weight is 320 g/mol. The third kappa shape index (κ3) is 1.75. The lowest BCUT2D eigenvalue weighted by Crippen LogP contribution is -2.62. The molecule has 4 rings (SSSR count). The van der Waals surface area contributed by atoms with Crippen molar-refractivity contribution in [3.63, 3.8) is 0 Å². The summed E-state index contributed by atoms with van der Waals surface area (Å²) >= 11 is 0. The van der Waals surface area contributed by atoms with Gasteiger partial charge in [-0.3, -0.25) is 4.79 Å². The summed E-state index contributed by atoms with van der Waals surface area (Å²) < 4.78 is 16.4. The molecule has 0 amide bonds. The van der Waals surface area contributed by atoms with E-state index in [-0.39, 0.29) is 23.2 Å². The van der Waals surface area contributed by atoms with Crippen LogP contribution >= 0.6 is 0 Å². The van der Waals surface area contributed by atoms with Gasteiger partial charge in [0.25, 0.3) is 0 Å². The van der Waals surface area contributed by atoms with Gasteiger partial charge in [0.05, 0.1) is 5.60 Å². The number of Topliss-reactive ketones (excluding diaryl/α,β-unsaturated/α-hetero) is 1. The van der Waals surface area contributed by atoms with Crippen molar-refractivity contribution in [1.29, 1.82) is 0 Å². The highest BCUT2D eigenvalue weighted by molar-refractivity contribution is 5.79. The SMILES string of the molecule is CC12C=C[C@]3(F)C(CCC4CC(=O)CCC43C)C1CC[C@@]2(C)O. The van der Waals surface area contributed by atoms with Crippen LogP contribution in [-0.2, 0) is 4.79 Å².